The van der Waals surface area contributed by atoms with E-state index in [4.69, 9.17) is 0 Å². The molecule has 0 unspecified atom stereocenters. The summed E-state index contributed by atoms with van der Waals surface area (Å²) < 4.78 is 0. The Morgan fingerprint density at radius 2 is 2.16 bits per heavy atom. The molecular formula is C15H21NO2S. The van der Waals surface area contributed by atoms with Gasteiger partial charge < -0.3 is 10.0 Å². The van der Waals surface area contributed by atoms with Gasteiger partial charge in [0.25, 0.3) is 5.91 Å². The number of benzene rings is 1. The summed E-state index contributed by atoms with van der Waals surface area (Å²) in [5.74, 6) is 1.12. The Kier molecular flexibility index (Phi) is 4.21. The maximum atomic E-state index is 12.3. The highest BCUT2D eigenvalue weighted by Crippen LogP contribution is 2.29. The molecule has 1 saturated heterocycles. The van der Waals surface area contributed by atoms with Gasteiger partial charge in [-0.15, -0.1) is 0 Å². The maximum Gasteiger partial charge on any atom is 0.254 e. The summed E-state index contributed by atoms with van der Waals surface area (Å²) in [6, 6.07) is 7.76. The molecule has 0 aliphatic carbocycles. The van der Waals surface area contributed by atoms with Crippen molar-refractivity contribution in [2.24, 2.45) is 5.92 Å². The molecule has 1 aromatic rings. The van der Waals surface area contributed by atoms with E-state index in [1.165, 1.54) is 0 Å². The second kappa shape index (κ2) is 5.55. The fourth-order valence-electron chi connectivity index (χ4n) is 2.27. The topological polar surface area (TPSA) is 40.5 Å². The predicted molar refractivity (Wildman–Crippen MR) is 79.4 cm³/mol. The predicted octanol–water partition coefficient (Wildman–Crippen LogP) is 2.39. The summed E-state index contributed by atoms with van der Waals surface area (Å²) >= 11 is 1.74. The first-order valence-corrected chi connectivity index (χ1v) is 7.95. The molecule has 4 heteroatoms. The first-order valence-electron chi connectivity index (χ1n) is 6.56. The Bertz CT molecular complexity index is 467. The Morgan fingerprint density at radius 1 is 1.47 bits per heavy atom. The van der Waals surface area contributed by atoms with Crippen molar-refractivity contribution in [3.8, 4) is 0 Å². The number of carbonyl (C=O) groups is 1. The summed E-state index contributed by atoms with van der Waals surface area (Å²) in [5, 5.41) is 10.2. The normalized spacial score (nSPS) is 17.4. The lowest BCUT2D eigenvalue weighted by atomic mass is 9.82. The van der Waals surface area contributed by atoms with Gasteiger partial charge in [-0.2, -0.15) is 11.8 Å². The van der Waals surface area contributed by atoms with Crippen molar-refractivity contribution < 1.29 is 9.90 Å². The van der Waals surface area contributed by atoms with Crippen LogP contribution < -0.4 is 0 Å². The number of carbonyl (C=O) groups excluding carboxylic acids is 1. The van der Waals surface area contributed by atoms with Crippen LogP contribution in [0, 0.1) is 5.92 Å². The Hall–Kier alpha value is -1.00. The van der Waals surface area contributed by atoms with Crippen LogP contribution in [0.4, 0.5) is 0 Å². The lowest BCUT2D eigenvalue weighted by molar-refractivity contribution is -0.110. The van der Waals surface area contributed by atoms with Crippen molar-refractivity contribution >= 4 is 17.7 Å². The van der Waals surface area contributed by atoms with Crippen LogP contribution >= 0.6 is 11.8 Å². The van der Waals surface area contributed by atoms with Gasteiger partial charge in [-0.1, -0.05) is 26.0 Å². The van der Waals surface area contributed by atoms with Crippen LogP contribution in [-0.2, 0) is 5.75 Å². The van der Waals surface area contributed by atoms with E-state index in [2.05, 4.69) is 0 Å². The molecule has 0 radical (unpaired) electrons. The lowest BCUT2D eigenvalue weighted by Crippen LogP contribution is -2.65. The lowest BCUT2D eigenvalue weighted by Gasteiger charge is -2.49. The van der Waals surface area contributed by atoms with Crippen molar-refractivity contribution in [2.75, 3.05) is 19.3 Å². The minimum absolute atomic E-state index is 0.0216. The number of rotatable bonds is 4. The third-order valence-electron chi connectivity index (χ3n) is 3.78. The van der Waals surface area contributed by atoms with Crippen LogP contribution in [0.1, 0.15) is 29.8 Å². The summed E-state index contributed by atoms with van der Waals surface area (Å²) in [4.78, 5) is 14.0. The van der Waals surface area contributed by atoms with Gasteiger partial charge in [0, 0.05) is 11.3 Å². The molecule has 1 N–H and O–H groups in total. The highest BCUT2D eigenvalue weighted by atomic mass is 32.2. The van der Waals surface area contributed by atoms with Gasteiger partial charge in [0.1, 0.15) is 5.60 Å². The van der Waals surface area contributed by atoms with Crippen LogP contribution in [0.2, 0.25) is 0 Å². The van der Waals surface area contributed by atoms with E-state index >= 15 is 0 Å². The zero-order valence-electron chi connectivity index (χ0n) is 11.7. The standard InChI is InChI=1S/C15H21NO2S/c1-11(2)15(18)9-16(10-15)14(17)13-6-4-5-12(7-13)8-19-3/h4-7,11,18H,8-10H2,1-3H3. The molecule has 1 aliphatic heterocycles. The van der Waals surface area contributed by atoms with E-state index in [1.54, 1.807) is 16.7 Å². The summed E-state index contributed by atoms with van der Waals surface area (Å²) in [5.41, 5.74) is 1.18. The molecule has 1 amide bonds. The average molecular weight is 279 g/mol. The fraction of sp³-hybridized carbons (Fsp3) is 0.533. The summed E-state index contributed by atoms with van der Waals surface area (Å²) in [6.45, 7) is 4.86. The molecule has 1 aromatic carbocycles. The molecule has 19 heavy (non-hydrogen) atoms. The van der Waals surface area contributed by atoms with Gasteiger partial charge >= 0.3 is 0 Å². The smallest absolute Gasteiger partial charge is 0.254 e. The third-order valence-corrected chi connectivity index (χ3v) is 4.40. The number of hydrogen-bond donors (Lipinski definition) is 1. The first kappa shape index (κ1) is 14.4. The Morgan fingerprint density at radius 3 is 2.74 bits per heavy atom. The maximum absolute atomic E-state index is 12.3. The van der Waals surface area contributed by atoms with Crippen LogP contribution in [0.15, 0.2) is 24.3 Å². The monoisotopic (exact) mass is 279 g/mol. The molecule has 1 heterocycles. The highest BCUT2D eigenvalue weighted by Gasteiger charge is 2.45. The van der Waals surface area contributed by atoms with Crippen LogP contribution in [-0.4, -0.2) is 40.9 Å². The SMILES string of the molecule is CSCc1cccc(C(=O)N2CC(O)(C(C)C)C2)c1. The zero-order chi connectivity index (χ0) is 14.0. The second-order valence-electron chi connectivity index (χ2n) is 5.55. The van der Waals surface area contributed by atoms with Gasteiger partial charge in [0.05, 0.1) is 13.1 Å². The molecule has 0 bridgehead atoms. The zero-order valence-corrected chi connectivity index (χ0v) is 12.5. The van der Waals surface area contributed by atoms with Crippen molar-refractivity contribution in [3.05, 3.63) is 35.4 Å². The number of amides is 1. The first-order chi connectivity index (χ1) is 8.96. The third kappa shape index (κ3) is 2.95. The van der Waals surface area contributed by atoms with Crippen molar-refractivity contribution in [1.29, 1.82) is 0 Å². The van der Waals surface area contributed by atoms with Crippen LogP contribution in [0.25, 0.3) is 0 Å². The number of hydrogen-bond acceptors (Lipinski definition) is 3. The minimum Gasteiger partial charge on any atom is -0.386 e. The number of β-amino-alcohol motifs (C(OH)–C–C–N with tert-alkyl or cyclic N) is 1. The molecule has 1 fully saturated rings. The molecule has 3 nitrogen and oxygen atoms in total. The number of likely N-dealkylation sites (tertiary alicyclic amines) is 1. The summed E-state index contributed by atoms with van der Waals surface area (Å²) in [6.07, 6.45) is 2.05. The molecule has 104 valence electrons. The molecule has 1 aliphatic rings. The minimum atomic E-state index is -0.702. The molecule has 0 spiro atoms. The number of thioether (sulfide) groups is 1. The molecular weight excluding hydrogens is 258 g/mol. The highest BCUT2D eigenvalue weighted by molar-refractivity contribution is 7.97. The number of nitrogens with zero attached hydrogens (tertiary/aromatic N) is 1. The Balaban J connectivity index is 2.04. The van der Waals surface area contributed by atoms with Gasteiger partial charge in [-0.05, 0) is 29.9 Å². The Labute approximate surface area is 119 Å². The molecule has 0 aromatic heterocycles. The van der Waals surface area contributed by atoms with E-state index in [1.807, 2.05) is 44.4 Å². The average Bonchev–Trinajstić information content (AvgIpc) is 2.34. The molecule has 0 atom stereocenters. The van der Waals surface area contributed by atoms with Gasteiger partial charge in [-0.3, -0.25) is 4.79 Å². The van der Waals surface area contributed by atoms with E-state index in [9.17, 15) is 9.90 Å². The quantitative estimate of drug-likeness (QED) is 0.920. The van der Waals surface area contributed by atoms with Crippen molar-refractivity contribution in [2.45, 2.75) is 25.2 Å². The van der Waals surface area contributed by atoms with Crippen LogP contribution in [0.3, 0.4) is 0 Å². The van der Waals surface area contributed by atoms with Gasteiger partial charge in [0.15, 0.2) is 0 Å². The second-order valence-corrected chi connectivity index (χ2v) is 6.42. The number of aliphatic hydroxyl groups is 1. The largest absolute Gasteiger partial charge is 0.386 e. The van der Waals surface area contributed by atoms with Gasteiger partial charge in [0.2, 0.25) is 0 Å². The molecule has 2 rings (SSSR count). The van der Waals surface area contributed by atoms with Crippen LogP contribution in [0.5, 0.6) is 0 Å². The van der Waals surface area contributed by atoms with E-state index < -0.39 is 5.60 Å². The summed E-state index contributed by atoms with van der Waals surface area (Å²) in [7, 11) is 0. The van der Waals surface area contributed by atoms with E-state index in [0.717, 1.165) is 16.9 Å². The molecule has 0 saturated carbocycles. The van der Waals surface area contributed by atoms with Gasteiger partial charge in [-0.25, -0.2) is 0 Å². The van der Waals surface area contributed by atoms with Crippen molar-refractivity contribution in [3.63, 3.8) is 0 Å². The van der Waals surface area contributed by atoms with Crippen molar-refractivity contribution in [1.82, 2.24) is 4.90 Å². The fourth-order valence-corrected chi connectivity index (χ4v) is 2.78. The van der Waals surface area contributed by atoms with E-state index in [-0.39, 0.29) is 11.8 Å². The van der Waals surface area contributed by atoms with E-state index in [0.29, 0.717) is 13.1 Å².